The fourth-order valence-electron chi connectivity index (χ4n) is 3.25. The van der Waals surface area contributed by atoms with Crippen LogP contribution in [0.2, 0.25) is 0 Å². The smallest absolute Gasteiger partial charge is 0.0640 e. The average Bonchev–Trinajstić information content (AvgIpc) is 2.55. The SMILES string of the molecule is CCCNC1CCC(N(CCC#N)c2ccccc2)CC1. The second-order valence-corrected chi connectivity index (χ2v) is 5.90. The summed E-state index contributed by atoms with van der Waals surface area (Å²) in [7, 11) is 0. The van der Waals surface area contributed by atoms with Crippen LogP contribution in [0, 0.1) is 11.3 Å². The Morgan fingerprint density at radius 3 is 2.52 bits per heavy atom. The third kappa shape index (κ3) is 4.75. The van der Waals surface area contributed by atoms with Crippen LogP contribution in [0.4, 0.5) is 5.69 Å². The minimum Gasteiger partial charge on any atom is -0.368 e. The number of nitriles is 1. The van der Waals surface area contributed by atoms with Crippen LogP contribution in [0.5, 0.6) is 0 Å². The van der Waals surface area contributed by atoms with Crippen LogP contribution in [0.1, 0.15) is 45.4 Å². The van der Waals surface area contributed by atoms with Gasteiger partial charge in [0, 0.05) is 24.3 Å². The van der Waals surface area contributed by atoms with Gasteiger partial charge in [-0.05, 0) is 50.8 Å². The Kier molecular flexibility index (Phi) is 6.56. The molecule has 0 unspecified atom stereocenters. The summed E-state index contributed by atoms with van der Waals surface area (Å²) in [6, 6.07) is 14.1. The van der Waals surface area contributed by atoms with Gasteiger partial charge in [0.15, 0.2) is 0 Å². The maximum absolute atomic E-state index is 8.91. The van der Waals surface area contributed by atoms with E-state index in [1.54, 1.807) is 0 Å². The average molecular weight is 285 g/mol. The molecule has 1 saturated carbocycles. The molecule has 1 aliphatic rings. The monoisotopic (exact) mass is 285 g/mol. The zero-order valence-electron chi connectivity index (χ0n) is 13.1. The van der Waals surface area contributed by atoms with Gasteiger partial charge in [-0.25, -0.2) is 0 Å². The maximum Gasteiger partial charge on any atom is 0.0640 e. The Balaban J connectivity index is 1.94. The van der Waals surface area contributed by atoms with Gasteiger partial charge < -0.3 is 10.2 Å². The van der Waals surface area contributed by atoms with Gasteiger partial charge in [0.1, 0.15) is 0 Å². The highest BCUT2D eigenvalue weighted by Gasteiger charge is 2.25. The molecule has 114 valence electrons. The molecular formula is C18H27N3. The molecule has 0 spiro atoms. The minimum atomic E-state index is 0.584. The van der Waals surface area contributed by atoms with Gasteiger partial charge >= 0.3 is 0 Å². The van der Waals surface area contributed by atoms with Crippen LogP contribution >= 0.6 is 0 Å². The summed E-state index contributed by atoms with van der Waals surface area (Å²) < 4.78 is 0. The highest BCUT2D eigenvalue weighted by molar-refractivity contribution is 5.47. The molecule has 1 aromatic rings. The van der Waals surface area contributed by atoms with E-state index in [1.807, 2.05) is 0 Å². The number of hydrogen-bond acceptors (Lipinski definition) is 3. The lowest BCUT2D eigenvalue weighted by Gasteiger charge is -2.38. The van der Waals surface area contributed by atoms with E-state index < -0.39 is 0 Å². The first-order valence-corrected chi connectivity index (χ1v) is 8.27. The quantitative estimate of drug-likeness (QED) is 0.830. The highest BCUT2D eigenvalue weighted by Crippen LogP contribution is 2.27. The van der Waals surface area contributed by atoms with Crippen molar-refractivity contribution in [1.29, 1.82) is 5.26 Å². The summed E-state index contributed by atoms with van der Waals surface area (Å²) in [6.45, 7) is 4.20. The zero-order valence-corrected chi connectivity index (χ0v) is 13.1. The van der Waals surface area contributed by atoms with Crippen molar-refractivity contribution in [2.24, 2.45) is 0 Å². The molecular weight excluding hydrogens is 258 g/mol. The van der Waals surface area contributed by atoms with E-state index in [0.29, 0.717) is 18.5 Å². The van der Waals surface area contributed by atoms with Crippen LogP contribution < -0.4 is 10.2 Å². The lowest BCUT2D eigenvalue weighted by Crippen LogP contribution is -2.43. The first-order chi connectivity index (χ1) is 10.3. The predicted octanol–water partition coefficient (Wildman–Crippen LogP) is 3.72. The van der Waals surface area contributed by atoms with Gasteiger partial charge in [-0.2, -0.15) is 5.26 Å². The van der Waals surface area contributed by atoms with Crippen molar-refractivity contribution >= 4 is 5.69 Å². The van der Waals surface area contributed by atoms with E-state index in [0.717, 1.165) is 13.1 Å². The van der Waals surface area contributed by atoms with Crippen molar-refractivity contribution in [2.45, 2.75) is 57.5 Å². The molecule has 0 amide bonds. The number of nitrogens with one attached hydrogen (secondary N) is 1. The number of rotatable bonds is 7. The molecule has 0 radical (unpaired) electrons. The summed E-state index contributed by atoms with van der Waals surface area (Å²) in [5.74, 6) is 0. The van der Waals surface area contributed by atoms with Crippen molar-refractivity contribution in [1.82, 2.24) is 5.32 Å². The molecule has 3 nitrogen and oxygen atoms in total. The van der Waals surface area contributed by atoms with Crippen LogP contribution in [-0.4, -0.2) is 25.2 Å². The van der Waals surface area contributed by atoms with Crippen LogP contribution in [0.15, 0.2) is 30.3 Å². The molecule has 1 fully saturated rings. The summed E-state index contributed by atoms with van der Waals surface area (Å²) >= 11 is 0. The topological polar surface area (TPSA) is 39.1 Å². The summed E-state index contributed by atoms with van der Waals surface area (Å²) in [5, 5.41) is 12.6. The van der Waals surface area contributed by atoms with E-state index in [9.17, 15) is 0 Å². The second-order valence-electron chi connectivity index (χ2n) is 5.90. The van der Waals surface area contributed by atoms with Gasteiger partial charge in [-0.1, -0.05) is 25.1 Å². The first-order valence-electron chi connectivity index (χ1n) is 8.27. The van der Waals surface area contributed by atoms with Gasteiger partial charge in [0.25, 0.3) is 0 Å². The molecule has 21 heavy (non-hydrogen) atoms. The summed E-state index contributed by atoms with van der Waals surface area (Å²) in [4.78, 5) is 2.44. The number of hydrogen-bond donors (Lipinski definition) is 1. The van der Waals surface area contributed by atoms with Gasteiger partial charge in [-0.15, -0.1) is 0 Å². The number of anilines is 1. The Hall–Kier alpha value is -1.53. The highest BCUT2D eigenvalue weighted by atomic mass is 15.2. The van der Waals surface area contributed by atoms with Gasteiger partial charge in [-0.3, -0.25) is 0 Å². The van der Waals surface area contributed by atoms with Crippen molar-refractivity contribution in [3.63, 3.8) is 0 Å². The van der Waals surface area contributed by atoms with Crippen molar-refractivity contribution in [3.05, 3.63) is 30.3 Å². The Morgan fingerprint density at radius 1 is 1.19 bits per heavy atom. The fourth-order valence-corrected chi connectivity index (χ4v) is 3.25. The van der Waals surface area contributed by atoms with Crippen LogP contribution in [-0.2, 0) is 0 Å². The molecule has 0 bridgehead atoms. The molecule has 1 aliphatic carbocycles. The molecule has 0 aliphatic heterocycles. The van der Waals surface area contributed by atoms with Gasteiger partial charge in [0.05, 0.1) is 12.5 Å². The van der Waals surface area contributed by atoms with Crippen LogP contribution in [0.3, 0.4) is 0 Å². The zero-order chi connectivity index (χ0) is 14.9. The van der Waals surface area contributed by atoms with E-state index in [4.69, 9.17) is 5.26 Å². The third-order valence-corrected chi connectivity index (χ3v) is 4.37. The molecule has 0 heterocycles. The number of para-hydroxylation sites is 1. The van der Waals surface area contributed by atoms with Crippen LogP contribution in [0.25, 0.3) is 0 Å². The third-order valence-electron chi connectivity index (χ3n) is 4.37. The minimum absolute atomic E-state index is 0.584. The normalized spacial score (nSPS) is 21.7. The molecule has 0 atom stereocenters. The maximum atomic E-state index is 8.91. The molecule has 1 aromatic carbocycles. The Morgan fingerprint density at radius 2 is 1.90 bits per heavy atom. The lowest BCUT2D eigenvalue weighted by molar-refractivity contribution is 0.332. The molecule has 3 heteroatoms. The summed E-state index contributed by atoms with van der Waals surface area (Å²) in [5.41, 5.74) is 1.26. The fraction of sp³-hybridized carbons (Fsp3) is 0.611. The number of benzene rings is 1. The van der Waals surface area contributed by atoms with Crippen molar-refractivity contribution in [2.75, 3.05) is 18.0 Å². The van der Waals surface area contributed by atoms with Crippen molar-refractivity contribution < 1.29 is 0 Å². The largest absolute Gasteiger partial charge is 0.368 e. The lowest BCUT2D eigenvalue weighted by atomic mass is 9.89. The Labute approximate surface area is 129 Å². The molecule has 2 rings (SSSR count). The molecule has 0 aromatic heterocycles. The summed E-state index contributed by atoms with van der Waals surface area (Å²) in [6.07, 6.45) is 6.76. The first kappa shape index (κ1) is 15.9. The standard InChI is InChI=1S/C18H27N3/c1-2-14-20-16-9-11-18(12-10-16)21(15-6-13-19)17-7-4-3-5-8-17/h3-5,7-8,16,18,20H,2,6,9-12,14-15H2,1H3. The molecule has 1 N–H and O–H groups in total. The predicted molar refractivity (Wildman–Crippen MR) is 88.4 cm³/mol. The molecule has 0 saturated heterocycles. The second kappa shape index (κ2) is 8.69. The van der Waals surface area contributed by atoms with Crippen molar-refractivity contribution in [3.8, 4) is 6.07 Å². The van der Waals surface area contributed by atoms with E-state index in [2.05, 4.69) is 53.5 Å². The van der Waals surface area contributed by atoms with E-state index in [-0.39, 0.29) is 0 Å². The Bertz CT molecular complexity index is 430. The van der Waals surface area contributed by atoms with E-state index >= 15 is 0 Å². The van der Waals surface area contributed by atoms with E-state index in [1.165, 1.54) is 37.8 Å². The number of nitrogens with zero attached hydrogens (tertiary/aromatic N) is 2. The van der Waals surface area contributed by atoms with Gasteiger partial charge in [0.2, 0.25) is 0 Å².